The third-order valence-corrected chi connectivity index (χ3v) is 4.50. The van der Waals surface area contributed by atoms with Gasteiger partial charge in [-0.3, -0.25) is 4.79 Å². The Balaban J connectivity index is 1.81. The number of nitrogens with one attached hydrogen (secondary N) is 1. The highest BCUT2D eigenvalue weighted by molar-refractivity contribution is 5.97. The summed E-state index contributed by atoms with van der Waals surface area (Å²) in [6.07, 6.45) is -4.43. The van der Waals surface area contributed by atoms with Gasteiger partial charge in [0.05, 0.1) is 12.7 Å². The van der Waals surface area contributed by atoms with E-state index in [0.717, 1.165) is 34.5 Å². The Bertz CT molecular complexity index is 1050. The third kappa shape index (κ3) is 4.93. The summed E-state index contributed by atoms with van der Waals surface area (Å²) in [5.41, 5.74) is -0.343. The Morgan fingerprint density at radius 3 is 2.38 bits per heavy atom. The summed E-state index contributed by atoms with van der Waals surface area (Å²) in [4.78, 5) is 24.6. The van der Waals surface area contributed by atoms with Crippen LogP contribution in [0, 0.1) is 0 Å². The number of esters is 1. The van der Waals surface area contributed by atoms with Gasteiger partial charge in [-0.2, -0.15) is 13.2 Å². The number of halogens is 3. The lowest BCUT2D eigenvalue weighted by Crippen LogP contribution is -2.43. The van der Waals surface area contributed by atoms with E-state index >= 15 is 0 Å². The fraction of sp³-hybridized carbons (Fsp3) is 0.182. The number of ether oxygens (including phenoxy) is 1. The monoisotopic (exact) mass is 401 g/mol. The van der Waals surface area contributed by atoms with Gasteiger partial charge in [-0.15, -0.1) is 0 Å². The first-order chi connectivity index (χ1) is 13.8. The highest BCUT2D eigenvalue weighted by Gasteiger charge is 2.31. The van der Waals surface area contributed by atoms with Crippen LogP contribution in [0.1, 0.15) is 21.5 Å². The van der Waals surface area contributed by atoms with Crippen LogP contribution in [0.3, 0.4) is 0 Å². The van der Waals surface area contributed by atoms with E-state index in [2.05, 4.69) is 5.32 Å². The molecule has 150 valence electrons. The average molecular weight is 401 g/mol. The molecule has 0 aliphatic heterocycles. The van der Waals surface area contributed by atoms with Crippen LogP contribution in [0.15, 0.2) is 66.7 Å². The van der Waals surface area contributed by atoms with E-state index in [4.69, 9.17) is 4.74 Å². The van der Waals surface area contributed by atoms with E-state index in [0.29, 0.717) is 0 Å². The van der Waals surface area contributed by atoms with Crippen molar-refractivity contribution in [2.75, 3.05) is 7.11 Å². The second-order valence-electron chi connectivity index (χ2n) is 6.51. The molecule has 0 heterocycles. The minimum atomic E-state index is -4.57. The number of carbonyl (C=O) groups excluding carboxylic acids is 2. The second kappa shape index (κ2) is 8.34. The molecular formula is C22H18F3NO3. The summed E-state index contributed by atoms with van der Waals surface area (Å²) >= 11 is 0. The van der Waals surface area contributed by atoms with Crippen molar-refractivity contribution in [3.8, 4) is 0 Å². The number of amides is 1. The van der Waals surface area contributed by atoms with Gasteiger partial charge in [0.1, 0.15) is 6.04 Å². The number of hydrogen-bond acceptors (Lipinski definition) is 3. The van der Waals surface area contributed by atoms with Crippen molar-refractivity contribution >= 4 is 22.6 Å². The normalized spacial score (nSPS) is 12.4. The SMILES string of the molecule is COC(=O)[C@H](Cc1ccc2ccccc2c1)NC(=O)c1cccc(C(F)(F)F)c1. The zero-order chi connectivity index (χ0) is 21.0. The molecule has 3 aromatic carbocycles. The van der Waals surface area contributed by atoms with Crippen molar-refractivity contribution in [1.29, 1.82) is 0 Å². The summed E-state index contributed by atoms with van der Waals surface area (Å²) in [6, 6.07) is 16.3. The molecule has 29 heavy (non-hydrogen) atoms. The van der Waals surface area contributed by atoms with Gasteiger partial charge in [-0.1, -0.05) is 48.5 Å². The van der Waals surface area contributed by atoms with Crippen molar-refractivity contribution in [2.45, 2.75) is 18.6 Å². The first-order valence-corrected chi connectivity index (χ1v) is 8.81. The topological polar surface area (TPSA) is 55.4 Å². The molecule has 0 aliphatic rings. The van der Waals surface area contributed by atoms with Crippen molar-refractivity contribution in [3.63, 3.8) is 0 Å². The number of benzene rings is 3. The van der Waals surface area contributed by atoms with Crippen LogP contribution in [0.2, 0.25) is 0 Å². The molecule has 0 saturated carbocycles. The van der Waals surface area contributed by atoms with Crippen LogP contribution >= 0.6 is 0 Å². The van der Waals surface area contributed by atoms with Gasteiger partial charge in [-0.25, -0.2) is 4.79 Å². The molecule has 0 spiro atoms. The van der Waals surface area contributed by atoms with Gasteiger partial charge < -0.3 is 10.1 Å². The van der Waals surface area contributed by atoms with Gasteiger partial charge in [0, 0.05) is 12.0 Å². The Morgan fingerprint density at radius 2 is 1.69 bits per heavy atom. The average Bonchev–Trinajstić information content (AvgIpc) is 2.72. The van der Waals surface area contributed by atoms with Crippen LogP contribution in [-0.4, -0.2) is 25.0 Å². The number of carbonyl (C=O) groups is 2. The van der Waals surface area contributed by atoms with E-state index in [1.54, 1.807) is 0 Å². The fourth-order valence-corrected chi connectivity index (χ4v) is 3.02. The summed E-state index contributed by atoms with van der Waals surface area (Å²) in [6.45, 7) is 0. The molecule has 0 aromatic heterocycles. The first kappa shape index (κ1) is 20.4. The molecule has 3 rings (SSSR count). The maximum Gasteiger partial charge on any atom is 0.416 e. The van der Waals surface area contributed by atoms with Gasteiger partial charge in [0.15, 0.2) is 0 Å². The largest absolute Gasteiger partial charge is 0.467 e. The third-order valence-electron chi connectivity index (χ3n) is 4.50. The molecular weight excluding hydrogens is 383 g/mol. The maximum absolute atomic E-state index is 12.9. The molecule has 1 atom stereocenters. The summed E-state index contributed by atoms with van der Waals surface area (Å²) in [5.74, 6) is -1.47. The van der Waals surface area contributed by atoms with Crippen molar-refractivity contribution in [3.05, 3.63) is 83.4 Å². The highest BCUT2D eigenvalue weighted by Crippen LogP contribution is 2.29. The van der Waals surface area contributed by atoms with Crippen LogP contribution in [0.4, 0.5) is 13.2 Å². The Labute approximate surface area is 165 Å². The number of fused-ring (bicyclic) bond motifs is 1. The van der Waals surface area contributed by atoms with E-state index in [-0.39, 0.29) is 12.0 Å². The standard InChI is InChI=1S/C22H18F3NO3/c1-29-21(28)19(12-14-9-10-15-5-2-3-6-16(15)11-14)26-20(27)17-7-4-8-18(13-17)22(23,24)25/h2-11,13,19H,12H2,1H3,(H,26,27)/t19-/m0/s1. The van der Waals surface area contributed by atoms with Crippen molar-refractivity contribution in [1.82, 2.24) is 5.32 Å². The molecule has 4 nitrogen and oxygen atoms in total. The van der Waals surface area contributed by atoms with Crippen LogP contribution in [0.5, 0.6) is 0 Å². The molecule has 0 saturated heterocycles. The Kier molecular flexibility index (Phi) is 5.87. The number of alkyl halides is 3. The zero-order valence-corrected chi connectivity index (χ0v) is 15.5. The van der Waals surface area contributed by atoms with E-state index in [1.807, 2.05) is 42.5 Å². The van der Waals surface area contributed by atoms with Gasteiger partial charge in [0.2, 0.25) is 0 Å². The number of methoxy groups -OCH3 is 1. The van der Waals surface area contributed by atoms with Crippen molar-refractivity contribution < 1.29 is 27.5 Å². The molecule has 0 aliphatic carbocycles. The molecule has 0 bridgehead atoms. The van der Waals surface area contributed by atoms with E-state index in [9.17, 15) is 22.8 Å². The van der Waals surface area contributed by atoms with Gasteiger partial charge >= 0.3 is 12.1 Å². The fourth-order valence-electron chi connectivity index (χ4n) is 3.02. The van der Waals surface area contributed by atoms with Crippen LogP contribution in [0.25, 0.3) is 10.8 Å². The van der Waals surface area contributed by atoms with Crippen molar-refractivity contribution in [2.24, 2.45) is 0 Å². The number of hydrogen-bond donors (Lipinski definition) is 1. The molecule has 0 unspecified atom stereocenters. The van der Waals surface area contributed by atoms with Crippen LogP contribution in [-0.2, 0) is 22.1 Å². The maximum atomic E-state index is 12.9. The van der Waals surface area contributed by atoms with E-state index < -0.39 is 29.7 Å². The molecule has 0 fully saturated rings. The lowest BCUT2D eigenvalue weighted by Gasteiger charge is -2.17. The van der Waals surface area contributed by atoms with Gasteiger partial charge in [-0.05, 0) is 34.5 Å². The predicted octanol–water partition coefficient (Wildman–Crippen LogP) is 4.37. The first-order valence-electron chi connectivity index (χ1n) is 8.81. The molecule has 1 N–H and O–H groups in total. The molecule has 0 radical (unpaired) electrons. The highest BCUT2D eigenvalue weighted by atomic mass is 19.4. The quantitative estimate of drug-likeness (QED) is 0.646. The lowest BCUT2D eigenvalue weighted by atomic mass is 10.0. The van der Waals surface area contributed by atoms with Gasteiger partial charge in [0.25, 0.3) is 5.91 Å². The summed E-state index contributed by atoms with van der Waals surface area (Å²) in [5, 5.41) is 4.48. The summed E-state index contributed by atoms with van der Waals surface area (Å²) in [7, 11) is 1.19. The Hall–Kier alpha value is -3.35. The molecule has 3 aromatic rings. The zero-order valence-electron chi connectivity index (χ0n) is 15.5. The van der Waals surface area contributed by atoms with E-state index in [1.165, 1.54) is 13.2 Å². The Morgan fingerprint density at radius 1 is 0.966 bits per heavy atom. The minimum absolute atomic E-state index is 0.141. The van der Waals surface area contributed by atoms with Crippen LogP contribution < -0.4 is 5.32 Å². The molecule has 7 heteroatoms. The lowest BCUT2D eigenvalue weighted by molar-refractivity contribution is -0.143. The second-order valence-corrected chi connectivity index (χ2v) is 6.51. The predicted molar refractivity (Wildman–Crippen MR) is 102 cm³/mol. The number of rotatable bonds is 5. The minimum Gasteiger partial charge on any atom is -0.467 e. The summed E-state index contributed by atoms with van der Waals surface area (Å²) < 4.78 is 43.4. The smallest absolute Gasteiger partial charge is 0.416 e. The molecule has 1 amide bonds.